The lowest BCUT2D eigenvalue weighted by molar-refractivity contribution is 0.109. The van der Waals surface area contributed by atoms with Crippen LogP contribution in [0.4, 0.5) is 0 Å². The van der Waals surface area contributed by atoms with Crippen LogP contribution in [0.5, 0.6) is 0 Å². The van der Waals surface area contributed by atoms with Crippen LogP contribution in [0.25, 0.3) is 0 Å². The molecular formula is C9H16N4O. The van der Waals surface area contributed by atoms with Gasteiger partial charge >= 0.3 is 0 Å². The molecule has 0 bridgehead atoms. The Hall–Kier alpha value is -0.940. The molecule has 1 aromatic rings. The summed E-state index contributed by atoms with van der Waals surface area (Å²) >= 11 is 0. The van der Waals surface area contributed by atoms with Crippen molar-refractivity contribution in [1.82, 2.24) is 20.3 Å². The van der Waals surface area contributed by atoms with E-state index in [0.717, 1.165) is 13.0 Å². The van der Waals surface area contributed by atoms with Crippen LogP contribution in [0.1, 0.15) is 31.1 Å². The molecule has 1 aliphatic heterocycles. The molecule has 0 spiro atoms. The topological polar surface area (TPSA) is 63.0 Å². The molecule has 2 rings (SSSR count). The molecule has 1 saturated heterocycles. The predicted octanol–water partition coefficient (Wildman–Crippen LogP) is -0.00940. The molecule has 2 N–H and O–H groups in total. The Balaban J connectivity index is 2.03. The molecule has 1 aliphatic rings. The van der Waals surface area contributed by atoms with Crippen molar-refractivity contribution in [3.05, 3.63) is 11.9 Å². The standard InChI is InChI=1S/C9H16N4O/c1-13-11-6-8(12-13)9(14)7-4-2-3-5-10-7/h6-7,9-10,14H,2-5H2,1H3. The highest BCUT2D eigenvalue weighted by Crippen LogP contribution is 2.20. The summed E-state index contributed by atoms with van der Waals surface area (Å²) in [6.07, 6.45) is 4.49. The van der Waals surface area contributed by atoms with Gasteiger partial charge in [-0.1, -0.05) is 6.42 Å². The third kappa shape index (κ3) is 1.93. The molecule has 0 aliphatic carbocycles. The van der Waals surface area contributed by atoms with Crippen LogP contribution in [-0.2, 0) is 7.05 Å². The van der Waals surface area contributed by atoms with Gasteiger partial charge in [0.15, 0.2) is 0 Å². The summed E-state index contributed by atoms with van der Waals surface area (Å²) in [7, 11) is 1.75. The number of hydrogen-bond donors (Lipinski definition) is 2. The number of hydrogen-bond acceptors (Lipinski definition) is 4. The zero-order valence-corrected chi connectivity index (χ0v) is 8.35. The van der Waals surface area contributed by atoms with E-state index in [4.69, 9.17) is 0 Å². The van der Waals surface area contributed by atoms with E-state index in [-0.39, 0.29) is 6.04 Å². The van der Waals surface area contributed by atoms with Gasteiger partial charge in [-0.15, -0.1) is 0 Å². The van der Waals surface area contributed by atoms with Crippen molar-refractivity contribution in [2.24, 2.45) is 7.05 Å². The summed E-state index contributed by atoms with van der Waals surface area (Å²) < 4.78 is 0. The van der Waals surface area contributed by atoms with Gasteiger partial charge in [-0.25, -0.2) is 0 Å². The minimum absolute atomic E-state index is 0.139. The van der Waals surface area contributed by atoms with Crippen molar-refractivity contribution >= 4 is 0 Å². The van der Waals surface area contributed by atoms with Crippen molar-refractivity contribution in [1.29, 1.82) is 0 Å². The first-order chi connectivity index (χ1) is 6.77. The van der Waals surface area contributed by atoms with Gasteiger partial charge in [0.05, 0.1) is 6.20 Å². The van der Waals surface area contributed by atoms with Gasteiger partial charge < -0.3 is 10.4 Å². The third-order valence-electron chi connectivity index (χ3n) is 2.65. The van der Waals surface area contributed by atoms with Crippen molar-refractivity contribution in [2.75, 3.05) is 6.54 Å². The van der Waals surface area contributed by atoms with Crippen LogP contribution < -0.4 is 5.32 Å². The maximum absolute atomic E-state index is 9.98. The van der Waals surface area contributed by atoms with Crippen LogP contribution in [0.3, 0.4) is 0 Å². The van der Waals surface area contributed by atoms with E-state index in [1.165, 1.54) is 17.6 Å². The third-order valence-corrected chi connectivity index (χ3v) is 2.65. The first-order valence-corrected chi connectivity index (χ1v) is 5.05. The number of nitrogens with one attached hydrogen (secondary N) is 1. The molecule has 0 amide bonds. The lowest BCUT2D eigenvalue weighted by Crippen LogP contribution is -2.38. The molecule has 5 heteroatoms. The minimum Gasteiger partial charge on any atom is -0.385 e. The zero-order valence-electron chi connectivity index (χ0n) is 8.35. The molecule has 2 atom stereocenters. The van der Waals surface area contributed by atoms with Crippen LogP contribution in [-0.4, -0.2) is 32.7 Å². The van der Waals surface area contributed by atoms with E-state index in [0.29, 0.717) is 5.69 Å². The number of rotatable bonds is 2. The van der Waals surface area contributed by atoms with E-state index in [9.17, 15) is 5.11 Å². The Bertz CT molecular complexity index is 293. The molecule has 14 heavy (non-hydrogen) atoms. The van der Waals surface area contributed by atoms with Crippen LogP contribution in [0.2, 0.25) is 0 Å². The van der Waals surface area contributed by atoms with Crippen molar-refractivity contribution in [3.63, 3.8) is 0 Å². The second-order valence-corrected chi connectivity index (χ2v) is 3.76. The highest BCUT2D eigenvalue weighted by Gasteiger charge is 2.24. The molecule has 78 valence electrons. The number of aliphatic hydroxyl groups is 1. The Morgan fingerprint density at radius 1 is 1.64 bits per heavy atom. The van der Waals surface area contributed by atoms with E-state index in [1.54, 1.807) is 13.2 Å². The van der Waals surface area contributed by atoms with Gasteiger partial charge in [0, 0.05) is 13.1 Å². The molecule has 0 radical (unpaired) electrons. The van der Waals surface area contributed by atoms with Gasteiger partial charge in [0.2, 0.25) is 0 Å². The number of aryl methyl sites for hydroxylation is 1. The zero-order chi connectivity index (χ0) is 9.97. The molecule has 1 aromatic heterocycles. The maximum atomic E-state index is 9.98. The van der Waals surface area contributed by atoms with Crippen molar-refractivity contribution in [2.45, 2.75) is 31.4 Å². The van der Waals surface area contributed by atoms with Gasteiger partial charge in [-0.3, -0.25) is 0 Å². The summed E-state index contributed by atoms with van der Waals surface area (Å²) in [4.78, 5) is 1.47. The first kappa shape index (κ1) is 9.61. The average Bonchev–Trinajstić information content (AvgIpc) is 2.65. The fraction of sp³-hybridized carbons (Fsp3) is 0.778. The second-order valence-electron chi connectivity index (χ2n) is 3.76. The number of aliphatic hydroxyl groups excluding tert-OH is 1. The highest BCUT2D eigenvalue weighted by atomic mass is 16.3. The van der Waals surface area contributed by atoms with E-state index < -0.39 is 6.10 Å². The molecule has 1 fully saturated rings. The van der Waals surface area contributed by atoms with E-state index in [2.05, 4.69) is 15.5 Å². The van der Waals surface area contributed by atoms with Crippen LogP contribution in [0.15, 0.2) is 6.20 Å². The fourth-order valence-electron chi connectivity index (χ4n) is 1.85. The highest BCUT2D eigenvalue weighted by molar-refractivity contribution is 5.01. The molecular weight excluding hydrogens is 180 g/mol. The number of nitrogens with zero attached hydrogens (tertiary/aromatic N) is 3. The van der Waals surface area contributed by atoms with Gasteiger partial charge in [0.25, 0.3) is 0 Å². The summed E-state index contributed by atoms with van der Waals surface area (Å²) in [5, 5.41) is 21.3. The molecule has 2 heterocycles. The molecule has 2 unspecified atom stereocenters. The average molecular weight is 196 g/mol. The molecule has 5 nitrogen and oxygen atoms in total. The monoisotopic (exact) mass is 196 g/mol. The largest absolute Gasteiger partial charge is 0.385 e. The van der Waals surface area contributed by atoms with Gasteiger partial charge in [0.1, 0.15) is 11.8 Å². The Morgan fingerprint density at radius 3 is 3.07 bits per heavy atom. The normalized spacial score (nSPS) is 24.9. The summed E-state index contributed by atoms with van der Waals surface area (Å²) in [5.41, 5.74) is 0.659. The number of aromatic nitrogens is 3. The van der Waals surface area contributed by atoms with Crippen molar-refractivity contribution in [3.8, 4) is 0 Å². The fourth-order valence-corrected chi connectivity index (χ4v) is 1.85. The Kier molecular flexibility index (Phi) is 2.79. The summed E-state index contributed by atoms with van der Waals surface area (Å²) in [6.45, 7) is 0.988. The maximum Gasteiger partial charge on any atom is 0.115 e. The lowest BCUT2D eigenvalue weighted by atomic mass is 9.98. The summed E-state index contributed by atoms with van der Waals surface area (Å²) in [6, 6.07) is 0.139. The second kappa shape index (κ2) is 4.06. The Morgan fingerprint density at radius 2 is 2.50 bits per heavy atom. The van der Waals surface area contributed by atoms with Crippen LogP contribution in [0, 0.1) is 0 Å². The smallest absolute Gasteiger partial charge is 0.115 e. The van der Waals surface area contributed by atoms with Gasteiger partial charge in [-0.2, -0.15) is 15.0 Å². The van der Waals surface area contributed by atoms with Crippen molar-refractivity contribution < 1.29 is 5.11 Å². The number of piperidine rings is 1. The molecule has 0 aromatic carbocycles. The predicted molar refractivity (Wildman–Crippen MR) is 51.6 cm³/mol. The van der Waals surface area contributed by atoms with Crippen LogP contribution >= 0.6 is 0 Å². The SMILES string of the molecule is Cn1ncc(C(O)C2CCCCN2)n1. The molecule has 0 saturated carbocycles. The Labute approximate surface area is 83.1 Å². The minimum atomic E-state index is -0.524. The quantitative estimate of drug-likeness (QED) is 0.698. The van der Waals surface area contributed by atoms with E-state index in [1.807, 2.05) is 0 Å². The van der Waals surface area contributed by atoms with Gasteiger partial charge in [-0.05, 0) is 19.4 Å². The van der Waals surface area contributed by atoms with E-state index >= 15 is 0 Å². The lowest BCUT2D eigenvalue weighted by Gasteiger charge is -2.26. The first-order valence-electron chi connectivity index (χ1n) is 5.05. The summed E-state index contributed by atoms with van der Waals surface area (Å²) in [5.74, 6) is 0.